The maximum atomic E-state index is 12.5. The summed E-state index contributed by atoms with van der Waals surface area (Å²) in [4.78, 5) is 23.7. The van der Waals surface area contributed by atoms with Gasteiger partial charge in [0.1, 0.15) is 0 Å². The number of hydrogen-bond donors (Lipinski definition) is 0. The van der Waals surface area contributed by atoms with Crippen molar-refractivity contribution in [3.8, 4) is 11.4 Å². The lowest BCUT2D eigenvalue weighted by Gasteiger charge is -2.20. The zero-order valence-electron chi connectivity index (χ0n) is 13.7. The van der Waals surface area contributed by atoms with Gasteiger partial charge in [-0.05, 0) is 23.6 Å². The quantitative estimate of drug-likeness (QED) is 0.580. The zero-order chi connectivity index (χ0) is 17.5. The molecule has 1 amide bonds. The smallest absolute Gasteiger partial charge is 0.227 e. The normalized spacial score (nSPS) is 10.6. The highest BCUT2D eigenvalue weighted by atomic mass is 32.1. The van der Waals surface area contributed by atoms with Crippen LogP contribution in [0.15, 0.2) is 59.2 Å². The minimum Gasteiger partial charge on any atom is -0.339 e. The third kappa shape index (κ3) is 4.60. The average Bonchev–Trinajstić information content (AvgIpc) is 3.32. The topological polar surface area (TPSA) is 72.1 Å². The molecule has 0 atom stereocenters. The zero-order valence-corrected chi connectivity index (χ0v) is 14.5. The van der Waals surface area contributed by atoms with Gasteiger partial charge in [-0.1, -0.05) is 17.3 Å². The Morgan fingerprint density at radius 3 is 2.88 bits per heavy atom. The van der Waals surface area contributed by atoms with Crippen LogP contribution < -0.4 is 0 Å². The van der Waals surface area contributed by atoms with Crippen molar-refractivity contribution in [2.45, 2.75) is 19.4 Å². The SMILES string of the molecule is C=CCN(Cc1cccs1)C(=O)CCc1nc(-c2ccncc2)no1. The molecular weight excluding hydrogens is 336 g/mol. The molecule has 128 valence electrons. The number of thiophene rings is 1. The number of nitrogens with zero attached hydrogens (tertiary/aromatic N) is 4. The molecule has 0 aliphatic heterocycles. The molecule has 3 aromatic heterocycles. The minimum atomic E-state index is 0.0389. The number of aryl methyl sites for hydroxylation is 1. The largest absolute Gasteiger partial charge is 0.339 e. The number of hydrogen-bond acceptors (Lipinski definition) is 6. The van der Waals surface area contributed by atoms with Crippen LogP contribution in [0.25, 0.3) is 11.4 Å². The Morgan fingerprint density at radius 2 is 2.16 bits per heavy atom. The molecule has 0 spiro atoms. The Kier molecular flexibility index (Phi) is 5.69. The molecule has 6 nitrogen and oxygen atoms in total. The Balaban J connectivity index is 1.59. The van der Waals surface area contributed by atoms with Crippen molar-refractivity contribution in [2.75, 3.05) is 6.54 Å². The van der Waals surface area contributed by atoms with E-state index >= 15 is 0 Å². The first-order valence-corrected chi connectivity index (χ1v) is 8.78. The third-order valence-corrected chi connectivity index (χ3v) is 4.45. The van der Waals surface area contributed by atoms with Crippen molar-refractivity contribution in [3.63, 3.8) is 0 Å². The fourth-order valence-electron chi connectivity index (χ4n) is 2.35. The van der Waals surface area contributed by atoms with Gasteiger partial charge in [0.05, 0.1) is 6.54 Å². The van der Waals surface area contributed by atoms with E-state index in [9.17, 15) is 4.79 Å². The monoisotopic (exact) mass is 354 g/mol. The summed E-state index contributed by atoms with van der Waals surface area (Å²) in [7, 11) is 0. The van der Waals surface area contributed by atoms with Crippen LogP contribution in [0.5, 0.6) is 0 Å². The van der Waals surface area contributed by atoms with E-state index in [0.29, 0.717) is 37.6 Å². The molecule has 0 aliphatic carbocycles. The summed E-state index contributed by atoms with van der Waals surface area (Å²) in [5, 5.41) is 5.96. The van der Waals surface area contributed by atoms with Crippen LogP contribution in [0, 0.1) is 0 Å². The van der Waals surface area contributed by atoms with Gasteiger partial charge in [0.25, 0.3) is 0 Å². The number of rotatable bonds is 8. The predicted molar refractivity (Wildman–Crippen MR) is 95.8 cm³/mol. The van der Waals surface area contributed by atoms with Gasteiger partial charge in [0.15, 0.2) is 0 Å². The van der Waals surface area contributed by atoms with Gasteiger partial charge in [0.2, 0.25) is 17.6 Å². The van der Waals surface area contributed by atoms with Gasteiger partial charge < -0.3 is 9.42 Å². The second-order valence-electron chi connectivity index (χ2n) is 5.39. The Hall–Kier alpha value is -2.80. The molecule has 3 rings (SSSR count). The Labute approximate surface area is 149 Å². The second kappa shape index (κ2) is 8.34. The summed E-state index contributed by atoms with van der Waals surface area (Å²) in [5.41, 5.74) is 0.835. The lowest BCUT2D eigenvalue weighted by molar-refractivity contribution is -0.131. The van der Waals surface area contributed by atoms with Gasteiger partial charge in [0, 0.05) is 42.2 Å². The maximum absolute atomic E-state index is 12.5. The van der Waals surface area contributed by atoms with Gasteiger partial charge in [-0.25, -0.2) is 0 Å². The van der Waals surface area contributed by atoms with E-state index in [1.807, 2.05) is 29.6 Å². The van der Waals surface area contributed by atoms with Crippen molar-refractivity contribution in [1.82, 2.24) is 20.0 Å². The van der Waals surface area contributed by atoms with E-state index in [-0.39, 0.29) is 5.91 Å². The van der Waals surface area contributed by atoms with Crippen LogP contribution in [0.4, 0.5) is 0 Å². The summed E-state index contributed by atoms with van der Waals surface area (Å²) < 4.78 is 5.24. The van der Waals surface area contributed by atoms with E-state index in [0.717, 1.165) is 10.4 Å². The lowest BCUT2D eigenvalue weighted by atomic mass is 10.2. The van der Waals surface area contributed by atoms with Crippen LogP contribution in [0.2, 0.25) is 0 Å². The molecule has 3 heterocycles. The van der Waals surface area contributed by atoms with Crippen LogP contribution in [0.3, 0.4) is 0 Å². The number of carbonyl (C=O) groups excluding carboxylic acids is 1. The number of aromatic nitrogens is 3. The highest BCUT2D eigenvalue weighted by molar-refractivity contribution is 7.09. The lowest BCUT2D eigenvalue weighted by Crippen LogP contribution is -2.30. The highest BCUT2D eigenvalue weighted by Crippen LogP contribution is 2.16. The molecule has 7 heteroatoms. The molecule has 3 aromatic rings. The van der Waals surface area contributed by atoms with E-state index in [4.69, 9.17) is 4.52 Å². The van der Waals surface area contributed by atoms with E-state index < -0.39 is 0 Å². The third-order valence-electron chi connectivity index (χ3n) is 3.59. The minimum absolute atomic E-state index is 0.0389. The fraction of sp³-hybridized carbons (Fsp3) is 0.222. The summed E-state index contributed by atoms with van der Waals surface area (Å²) in [5.74, 6) is 0.998. The van der Waals surface area contributed by atoms with Crippen molar-refractivity contribution in [1.29, 1.82) is 0 Å². The molecule has 0 fully saturated rings. The van der Waals surface area contributed by atoms with Crippen LogP contribution in [-0.2, 0) is 17.8 Å². The van der Waals surface area contributed by atoms with Gasteiger partial charge >= 0.3 is 0 Å². The van der Waals surface area contributed by atoms with E-state index in [1.54, 1.807) is 34.7 Å². The number of pyridine rings is 1. The van der Waals surface area contributed by atoms with Gasteiger partial charge in [-0.3, -0.25) is 9.78 Å². The molecule has 0 aliphatic rings. The van der Waals surface area contributed by atoms with Crippen molar-refractivity contribution in [2.24, 2.45) is 0 Å². The average molecular weight is 354 g/mol. The Morgan fingerprint density at radius 1 is 1.32 bits per heavy atom. The molecular formula is C18H18N4O2S. The second-order valence-corrected chi connectivity index (χ2v) is 6.42. The van der Waals surface area contributed by atoms with E-state index in [2.05, 4.69) is 21.7 Å². The first-order chi connectivity index (χ1) is 12.3. The molecule has 0 saturated heterocycles. The molecule has 0 bridgehead atoms. The van der Waals surface area contributed by atoms with Crippen LogP contribution in [0.1, 0.15) is 17.2 Å². The fourth-order valence-corrected chi connectivity index (χ4v) is 3.07. The first kappa shape index (κ1) is 17.0. The van der Waals surface area contributed by atoms with Crippen molar-refractivity contribution in [3.05, 3.63) is 65.5 Å². The highest BCUT2D eigenvalue weighted by Gasteiger charge is 2.16. The summed E-state index contributed by atoms with van der Waals surface area (Å²) in [6, 6.07) is 7.63. The molecule has 0 unspecified atom stereocenters. The van der Waals surface area contributed by atoms with Crippen molar-refractivity contribution >= 4 is 17.2 Å². The van der Waals surface area contributed by atoms with Crippen molar-refractivity contribution < 1.29 is 9.32 Å². The molecule has 0 radical (unpaired) electrons. The summed E-state index contributed by atoms with van der Waals surface area (Å²) in [6.45, 7) is 4.84. The van der Waals surface area contributed by atoms with Crippen LogP contribution >= 0.6 is 11.3 Å². The maximum Gasteiger partial charge on any atom is 0.227 e. The standard InChI is InChI=1S/C18H18N4O2S/c1-2-11-22(13-15-4-3-12-25-15)17(23)6-5-16-20-18(21-24-16)14-7-9-19-10-8-14/h2-4,7-10,12H,1,5-6,11,13H2. The first-order valence-electron chi connectivity index (χ1n) is 7.90. The Bertz CT molecular complexity index is 815. The molecule has 0 aromatic carbocycles. The molecule has 0 N–H and O–H groups in total. The van der Waals surface area contributed by atoms with Gasteiger partial charge in [-0.15, -0.1) is 17.9 Å². The van der Waals surface area contributed by atoms with Gasteiger partial charge in [-0.2, -0.15) is 4.98 Å². The van der Waals surface area contributed by atoms with Crippen LogP contribution in [-0.4, -0.2) is 32.5 Å². The summed E-state index contributed by atoms with van der Waals surface area (Å²) in [6.07, 6.45) is 5.81. The summed E-state index contributed by atoms with van der Waals surface area (Å²) >= 11 is 1.64. The molecule has 25 heavy (non-hydrogen) atoms. The number of amides is 1. The number of carbonyl (C=O) groups is 1. The van der Waals surface area contributed by atoms with E-state index in [1.165, 1.54) is 0 Å². The molecule has 0 saturated carbocycles. The predicted octanol–water partition coefficient (Wildman–Crippen LogP) is 3.34.